The van der Waals surface area contributed by atoms with E-state index in [2.05, 4.69) is 31.3 Å². The van der Waals surface area contributed by atoms with E-state index in [1.807, 2.05) is 13.1 Å². The molecular weight excluding hydrogens is 186 g/mol. The van der Waals surface area contributed by atoms with E-state index in [-0.39, 0.29) is 0 Å². The third-order valence-corrected chi connectivity index (χ3v) is 3.38. The predicted molar refractivity (Wildman–Crippen MR) is 62.3 cm³/mol. The molecule has 0 amide bonds. The van der Waals surface area contributed by atoms with Crippen LogP contribution in [0.25, 0.3) is 0 Å². The Morgan fingerprint density at radius 3 is 2.73 bits per heavy atom. The molecule has 1 N–H and O–H groups in total. The van der Waals surface area contributed by atoms with Gasteiger partial charge in [-0.3, -0.25) is 0 Å². The zero-order valence-electron chi connectivity index (χ0n) is 9.92. The molecule has 82 valence electrons. The Balaban J connectivity index is 2.43. The molecule has 15 heavy (non-hydrogen) atoms. The van der Waals surface area contributed by atoms with Crippen molar-refractivity contribution in [3.05, 3.63) is 29.3 Å². The highest BCUT2D eigenvalue weighted by atomic mass is 16.5. The van der Waals surface area contributed by atoms with Crippen LogP contribution in [0.15, 0.2) is 18.2 Å². The van der Waals surface area contributed by atoms with Gasteiger partial charge in [-0.2, -0.15) is 0 Å². The number of hydrogen-bond acceptors (Lipinski definition) is 2. The molecule has 0 fully saturated rings. The Morgan fingerprint density at radius 1 is 1.40 bits per heavy atom. The van der Waals surface area contributed by atoms with Gasteiger partial charge in [0.1, 0.15) is 5.75 Å². The Labute approximate surface area is 91.6 Å². The minimum atomic E-state index is 0.295. The smallest absolute Gasteiger partial charge is 0.119 e. The fraction of sp³-hybridized carbons (Fsp3) is 0.538. The first kappa shape index (κ1) is 10.5. The summed E-state index contributed by atoms with van der Waals surface area (Å²) in [6, 6.07) is 6.85. The normalized spacial score (nSPS) is 22.5. The van der Waals surface area contributed by atoms with Crippen molar-refractivity contribution in [3.8, 4) is 5.75 Å². The van der Waals surface area contributed by atoms with E-state index >= 15 is 0 Å². The molecule has 1 atom stereocenters. The average molecular weight is 205 g/mol. The van der Waals surface area contributed by atoms with Crippen molar-refractivity contribution in [2.45, 2.75) is 26.3 Å². The van der Waals surface area contributed by atoms with Gasteiger partial charge in [0, 0.05) is 6.04 Å². The van der Waals surface area contributed by atoms with Crippen LogP contribution in [0.2, 0.25) is 0 Å². The summed E-state index contributed by atoms with van der Waals surface area (Å²) < 4.78 is 5.26. The van der Waals surface area contributed by atoms with Crippen LogP contribution >= 0.6 is 0 Å². The van der Waals surface area contributed by atoms with Crippen molar-refractivity contribution in [2.75, 3.05) is 14.2 Å². The summed E-state index contributed by atoms with van der Waals surface area (Å²) in [5.74, 6) is 0.960. The van der Waals surface area contributed by atoms with Crippen molar-refractivity contribution in [1.29, 1.82) is 0 Å². The van der Waals surface area contributed by atoms with Crippen LogP contribution < -0.4 is 10.1 Å². The van der Waals surface area contributed by atoms with Gasteiger partial charge in [-0.15, -0.1) is 0 Å². The van der Waals surface area contributed by atoms with Crippen LogP contribution in [-0.4, -0.2) is 14.2 Å². The molecule has 0 saturated carbocycles. The lowest BCUT2D eigenvalue weighted by atomic mass is 9.85. The van der Waals surface area contributed by atoms with Gasteiger partial charge >= 0.3 is 0 Å². The molecule has 2 nitrogen and oxygen atoms in total. The van der Waals surface area contributed by atoms with E-state index in [9.17, 15) is 0 Å². The van der Waals surface area contributed by atoms with Gasteiger partial charge in [0.25, 0.3) is 0 Å². The molecule has 0 aliphatic heterocycles. The Bertz CT molecular complexity index is 371. The number of methoxy groups -OCH3 is 1. The number of rotatable bonds is 2. The van der Waals surface area contributed by atoms with Gasteiger partial charge in [0.15, 0.2) is 0 Å². The van der Waals surface area contributed by atoms with Crippen molar-refractivity contribution >= 4 is 0 Å². The maximum atomic E-state index is 5.26. The first-order valence-electron chi connectivity index (χ1n) is 5.42. The topological polar surface area (TPSA) is 21.3 Å². The summed E-state index contributed by atoms with van der Waals surface area (Å²) in [6.45, 7) is 4.61. The van der Waals surface area contributed by atoms with Gasteiger partial charge in [-0.1, -0.05) is 19.9 Å². The zero-order valence-corrected chi connectivity index (χ0v) is 9.92. The number of benzene rings is 1. The molecule has 1 aromatic carbocycles. The largest absolute Gasteiger partial charge is 0.497 e. The van der Waals surface area contributed by atoms with E-state index in [1.54, 1.807) is 7.11 Å². The van der Waals surface area contributed by atoms with E-state index < -0.39 is 0 Å². The van der Waals surface area contributed by atoms with E-state index in [4.69, 9.17) is 4.74 Å². The summed E-state index contributed by atoms with van der Waals surface area (Å²) in [5.41, 5.74) is 3.13. The lowest BCUT2D eigenvalue weighted by Crippen LogP contribution is -2.28. The molecule has 0 heterocycles. The fourth-order valence-electron chi connectivity index (χ4n) is 2.70. The zero-order chi connectivity index (χ0) is 11.1. The molecular formula is C13H19NO. The number of hydrogen-bond donors (Lipinski definition) is 1. The van der Waals surface area contributed by atoms with Gasteiger partial charge < -0.3 is 10.1 Å². The minimum Gasteiger partial charge on any atom is -0.497 e. The Morgan fingerprint density at radius 2 is 2.13 bits per heavy atom. The molecule has 1 unspecified atom stereocenters. The number of fused-ring (bicyclic) bond motifs is 1. The molecule has 0 radical (unpaired) electrons. The first-order valence-corrected chi connectivity index (χ1v) is 5.42. The average Bonchev–Trinajstić information content (AvgIpc) is 2.45. The fourth-order valence-corrected chi connectivity index (χ4v) is 2.70. The summed E-state index contributed by atoms with van der Waals surface area (Å²) in [4.78, 5) is 0. The second-order valence-corrected chi connectivity index (χ2v) is 4.95. The van der Waals surface area contributed by atoms with Gasteiger partial charge in [-0.25, -0.2) is 0 Å². The van der Waals surface area contributed by atoms with Gasteiger partial charge in [0.05, 0.1) is 7.11 Å². The van der Waals surface area contributed by atoms with Crippen LogP contribution in [0.4, 0.5) is 0 Å². The van der Waals surface area contributed by atoms with Crippen LogP contribution in [0.5, 0.6) is 5.75 Å². The summed E-state index contributed by atoms with van der Waals surface area (Å²) in [7, 11) is 3.75. The van der Waals surface area contributed by atoms with Crippen molar-refractivity contribution in [3.63, 3.8) is 0 Å². The van der Waals surface area contributed by atoms with Gasteiger partial charge in [-0.05, 0) is 42.1 Å². The lowest BCUT2D eigenvalue weighted by molar-refractivity contribution is 0.283. The van der Waals surface area contributed by atoms with Crippen LogP contribution in [0.1, 0.15) is 31.0 Å². The van der Waals surface area contributed by atoms with Crippen molar-refractivity contribution in [2.24, 2.45) is 5.41 Å². The third-order valence-electron chi connectivity index (χ3n) is 3.38. The summed E-state index contributed by atoms with van der Waals surface area (Å²) in [6.07, 6.45) is 1.12. The van der Waals surface area contributed by atoms with Crippen molar-refractivity contribution < 1.29 is 4.74 Å². The van der Waals surface area contributed by atoms with E-state index in [0.29, 0.717) is 11.5 Å². The SMILES string of the molecule is CNC1c2ccc(OC)cc2CC1(C)C. The van der Waals surface area contributed by atoms with Crippen LogP contribution in [0.3, 0.4) is 0 Å². The van der Waals surface area contributed by atoms with Crippen molar-refractivity contribution in [1.82, 2.24) is 5.32 Å². The maximum absolute atomic E-state index is 5.26. The quantitative estimate of drug-likeness (QED) is 0.801. The molecule has 2 heteroatoms. The monoisotopic (exact) mass is 205 g/mol. The first-order chi connectivity index (χ1) is 7.08. The minimum absolute atomic E-state index is 0.295. The Hall–Kier alpha value is -1.02. The predicted octanol–water partition coefficient (Wildman–Crippen LogP) is 2.54. The molecule has 0 aromatic heterocycles. The van der Waals surface area contributed by atoms with Gasteiger partial charge in [0.2, 0.25) is 0 Å². The molecule has 2 rings (SSSR count). The lowest BCUT2D eigenvalue weighted by Gasteiger charge is -2.27. The van der Waals surface area contributed by atoms with E-state index in [1.165, 1.54) is 11.1 Å². The molecule has 0 spiro atoms. The highest BCUT2D eigenvalue weighted by Gasteiger charge is 2.37. The highest BCUT2D eigenvalue weighted by Crippen LogP contribution is 2.45. The molecule has 1 aromatic rings. The Kier molecular flexibility index (Phi) is 2.47. The standard InChI is InChI=1S/C13H19NO/c1-13(2)8-9-7-10(15-4)5-6-11(9)12(13)14-3/h5-7,12,14H,8H2,1-4H3. The molecule has 1 aliphatic rings. The second-order valence-electron chi connectivity index (χ2n) is 4.95. The summed E-state index contributed by atoms with van der Waals surface area (Å²) in [5, 5.41) is 3.41. The summed E-state index contributed by atoms with van der Waals surface area (Å²) >= 11 is 0. The highest BCUT2D eigenvalue weighted by molar-refractivity contribution is 5.42. The van der Waals surface area contributed by atoms with Crippen LogP contribution in [0, 0.1) is 5.41 Å². The maximum Gasteiger partial charge on any atom is 0.119 e. The van der Waals surface area contributed by atoms with E-state index in [0.717, 1.165) is 12.2 Å². The molecule has 0 saturated heterocycles. The third kappa shape index (κ3) is 1.63. The number of nitrogens with one attached hydrogen (secondary N) is 1. The number of ether oxygens (including phenoxy) is 1. The molecule has 0 bridgehead atoms. The van der Waals surface area contributed by atoms with Crippen LogP contribution in [-0.2, 0) is 6.42 Å². The molecule has 1 aliphatic carbocycles. The second kappa shape index (κ2) is 3.53.